The largest absolute Gasteiger partial charge is 0.310 e. The van der Waals surface area contributed by atoms with Crippen LogP contribution in [0.2, 0.25) is 0 Å². The van der Waals surface area contributed by atoms with E-state index in [-0.39, 0.29) is 0 Å². The summed E-state index contributed by atoms with van der Waals surface area (Å²) >= 11 is 0. The van der Waals surface area contributed by atoms with Gasteiger partial charge in [-0.1, -0.05) is 134 Å². The first-order valence-corrected chi connectivity index (χ1v) is 21.7. The predicted molar refractivity (Wildman–Crippen MR) is 273 cm³/mol. The molecule has 0 N–H and O–H groups in total. The first-order chi connectivity index (χ1) is 31.7. The monoisotopic (exact) mass is 820 g/mol. The van der Waals surface area contributed by atoms with E-state index in [1.54, 1.807) is 0 Å². The third-order valence-corrected chi connectivity index (χ3v) is 12.2. The minimum absolute atomic E-state index is 1.02. The lowest BCUT2D eigenvalue weighted by Gasteiger charge is -2.26. The van der Waals surface area contributed by atoms with Gasteiger partial charge in [0.1, 0.15) is 0 Å². The number of nitrogens with zero attached hydrogens (tertiary/aromatic N) is 4. The average molecular weight is 821 g/mol. The van der Waals surface area contributed by atoms with E-state index in [4.69, 9.17) is 0 Å². The molecular weight excluding hydrogens is 777 g/mol. The standard InChI is InChI=1S/C60H44N4/c1-3-53-55-41-51(37-39-59(55)63(57(53)4-2)47-23-13-7-14-24-47)61(45-19-9-5-10-20-45)49-33-29-43(30-34-49)44-31-35-50(36-32-44)62(46-21-11-6-12-22-46)52-38-40-60-56(42-52)54-27-17-18-28-58(54)64(60)48-25-15-8-16-26-48/h3-42H,1-2H2. The minimum Gasteiger partial charge on any atom is -0.310 e. The highest BCUT2D eigenvalue weighted by molar-refractivity contribution is 6.10. The summed E-state index contributed by atoms with van der Waals surface area (Å²) in [5.74, 6) is 0. The molecule has 2 aromatic heterocycles. The molecule has 4 nitrogen and oxygen atoms in total. The van der Waals surface area contributed by atoms with Crippen molar-refractivity contribution in [2.24, 2.45) is 0 Å². The Morgan fingerprint density at radius 3 is 1.20 bits per heavy atom. The highest BCUT2D eigenvalue weighted by Crippen LogP contribution is 2.42. The lowest BCUT2D eigenvalue weighted by molar-refractivity contribution is 1.11. The summed E-state index contributed by atoms with van der Waals surface area (Å²) in [6.45, 7) is 8.42. The fourth-order valence-electron chi connectivity index (χ4n) is 9.34. The molecule has 0 saturated heterocycles. The molecule has 11 rings (SSSR count). The molecular formula is C60H44N4. The molecule has 304 valence electrons. The van der Waals surface area contributed by atoms with Gasteiger partial charge >= 0.3 is 0 Å². The lowest BCUT2D eigenvalue weighted by Crippen LogP contribution is -2.10. The molecule has 0 amide bonds. The fourth-order valence-corrected chi connectivity index (χ4v) is 9.34. The SMILES string of the molecule is C=Cc1c(C=C)n(-c2ccccc2)c2ccc(N(c3ccccc3)c3ccc(-c4ccc(N(c5ccccc5)c5ccc6c(c5)c5ccccc5n6-c5ccccc5)cc4)cc3)cc12. The van der Waals surface area contributed by atoms with Crippen molar-refractivity contribution >= 4 is 79.0 Å². The summed E-state index contributed by atoms with van der Waals surface area (Å²) < 4.78 is 4.62. The normalized spacial score (nSPS) is 11.2. The number of rotatable bonds is 11. The second-order valence-corrected chi connectivity index (χ2v) is 15.9. The predicted octanol–water partition coefficient (Wildman–Crippen LogP) is 16.6. The van der Waals surface area contributed by atoms with Crippen molar-refractivity contribution in [1.29, 1.82) is 0 Å². The highest BCUT2D eigenvalue weighted by Gasteiger charge is 2.20. The molecule has 0 fully saturated rings. The van der Waals surface area contributed by atoms with Crippen LogP contribution in [0.25, 0.3) is 67.4 Å². The molecule has 0 aliphatic carbocycles. The molecule has 0 aliphatic heterocycles. The van der Waals surface area contributed by atoms with Crippen molar-refractivity contribution in [1.82, 2.24) is 9.13 Å². The zero-order valence-electron chi connectivity index (χ0n) is 35.3. The number of anilines is 6. The van der Waals surface area contributed by atoms with Gasteiger partial charge in [0, 0.05) is 67.2 Å². The molecule has 11 aromatic rings. The van der Waals surface area contributed by atoms with Crippen LogP contribution in [-0.2, 0) is 0 Å². The first-order valence-electron chi connectivity index (χ1n) is 21.7. The third-order valence-electron chi connectivity index (χ3n) is 12.2. The molecule has 0 spiro atoms. The number of para-hydroxylation sites is 5. The van der Waals surface area contributed by atoms with Crippen LogP contribution in [0.15, 0.2) is 244 Å². The zero-order chi connectivity index (χ0) is 43.0. The van der Waals surface area contributed by atoms with Gasteiger partial charge < -0.3 is 18.9 Å². The molecule has 4 heteroatoms. The van der Waals surface area contributed by atoms with E-state index in [2.05, 4.69) is 257 Å². The first kappa shape index (κ1) is 38.3. The molecule has 64 heavy (non-hydrogen) atoms. The van der Waals surface area contributed by atoms with Crippen LogP contribution in [-0.4, -0.2) is 9.13 Å². The van der Waals surface area contributed by atoms with Crippen LogP contribution in [0.1, 0.15) is 11.3 Å². The molecule has 0 unspecified atom stereocenters. The van der Waals surface area contributed by atoms with Crippen LogP contribution in [0.3, 0.4) is 0 Å². The summed E-state index contributed by atoms with van der Waals surface area (Å²) in [6.07, 6.45) is 3.87. The molecule has 0 atom stereocenters. The summed E-state index contributed by atoms with van der Waals surface area (Å²) in [7, 11) is 0. The third kappa shape index (κ3) is 6.66. The van der Waals surface area contributed by atoms with Crippen LogP contribution >= 0.6 is 0 Å². The van der Waals surface area contributed by atoms with Crippen LogP contribution in [0.4, 0.5) is 34.1 Å². The maximum absolute atomic E-state index is 4.22. The highest BCUT2D eigenvalue weighted by atomic mass is 15.1. The van der Waals surface area contributed by atoms with Gasteiger partial charge in [-0.25, -0.2) is 0 Å². The van der Waals surface area contributed by atoms with Crippen LogP contribution < -0.4 is 9.80 Å². The summed E-state index contributed by atoms with van der Waals surface area (Å²) in [5, 5.41) is 3.56. The quantitative estimate of drug-likeness (QED) is 0.129. The van der Waals surface area contributed by atoms with Gasteiger partial charge in [0.15, 0.2) is 0 Å². The Balaban J connectivity index is 0.950. The zero-order valence-corrected chi connectivity index (χ0v) is 35.3. The van der Waals surface area contributed by atoms with E-state index >= 15 is 0 Å². The van der Waals surface area contributed by atoms with Crippen molar-refractivity contribution in [3.05, 3.63) is 255 Å². The van der Waals surface area contributed by atoms with Gasteiger partial charge in [0.2, 0.25) is 0 Å². The van der Waals surface area contributed by atoms with Gasteiger partial charge in [-0.3, -0.25) is 0 Å². The van der Waals surface area contributed by atoms with E-state index in [0.717, 1.165) is 78.8 Å². The number of aromatic nitrogens is 2. The Morgan fingerprint density at radius 2 is 0.703 bits per heavy atom. The maximum atomic E-state index is 4.22. The van der Waals surface area contributed by atoms with E-state index in [9.17, 15) is 0 Å². The van der Waals surface area contributed by atoms with Gasteiger partial charge in [0.25, 0.3) is 0 Å². The maximum Gasteiger partial charge on any atom is 0.0542 e. The lowest BCUT2D eigenvalue weighted by atomic mass is 10.0. The van der Waals surface area contributed by atoms with Crippen molar-refractivity contribution in [3.63, 3.8) is 0 Å². The Bertz CT molecular complexity index is 3440. The van der Waals surface area contributed by atoms with Crippen molar-refractivity contribution in [2.75, 3.05) is 9.80 Å². The Kier molecular flexibility index (Phi) is 9.79. The molecule has 0 saturated carbocycles. The number of fused-ring (bicyclic) bond motifs is 4. The smallest absolute Gasteiger partial charge is 0.0542 e. The molecule has 9 aromatic carbocycles. The average Bonchev–Trinajstić information content (AvgIpc) is 3.87. The number of benzene rings is 9. The van der Waals surface area contributed by atoms with Crippen molar-refractivity contribution in [3.8, 4) is 22.5 Å². The van der Waals surface area contributed by atoms with E-state index in [1.165, 1.54) is 21.8 Å². The second-order valence-electron chi connectivity index (χ2n) is 15.9. The summed E-state index contributed by atoms with van der Waals surface area (Å²) in [4.78, 5) is 4.66. The summed E-state index contributed by atoms with van der Waals surface area (Å²) in [6, 6.07) is 82.3. The molecule has 2 heterocycles. The topological polar surface area (TPSA) is 16.3 Å². The Morgan fingerprint density at radius 1 is 0.312 bits per heavy atom. The van der Waals surface area contributed by atoms with Crippen LogP contribution in [0, 0.1) is 0 Å². The molecule has 0 aliphatic rings. The number of hydrogen-bond donors (Lipinski definition) is 0. The summed E-state index contributed by atoms with van der Waals surface area (Å²) in [5.41, 5.74) is 16.6. The minimum atomic E-state index is 1.02. The van der Waals surface area contributed by atoms with Gasteiger partial charge in [-0.05, 0) is 132 Å². The van der Waals surface area contributed by atoms with Gasteiger partial charge in [0.05, 0.1) is 22.2 Å². The number of hydrogen-bond acceptors (Lipinski definition) is 2. The van der Waals surface area contributed by atoms with E-state index < -0.39 is 0 Å². The molecule has 0 radical (unpaired) electrons. The molecule has 0 bridgehead atoms. The van der Waals surface area contributed by atoms with Gasteiger partial charge in [-0.2, -0.15) is 0 Å². The Labute approximate surface area is 373 Å². The van der Waals surface area contributed by atoms with Crippen molar-refractivity contribution < 1.29 is 0 Å². The Hall–Kier alpha value is -8.60. The van der Waals surface area contributed by atoms with E-state index in [0.29, 0.717) is 0 Å². The van der Waals surface area contributed by atoms with Gasteiger partial charge in [-0.15, -0.1) is 0 Å². The van der Waals surface area contributed by atoms with E-state index in [1.807, 2.05) is 18.2 Å². The second kappa shape index (κ2) is 16.4. The van der Waals surface area contributed by atoms with Crippen LogP contribution in [0.5, 0.6) is 0 Å². The van der Waals surface area contributed by atoms with Crippen molar-refractivity contribution in [2.45, 2.75) is 0 Å². The fraction of sp³-hybridized carbons (Fsp3) is 0.